The van der Waals surface area contributed by atoms with Gasteiger partial charge in [0.05, 0.1) is 6.61 Å². The summed E-state index contributed by atoms with van der Waals surface area (Å²) in [5, 5.41) is 11.9. The summed E-state index contributed by atoms with van der Waals surface area (Å²) in [5.41, 5.74) is 3.18. The highest BCUT2D eigenvalue weighted by Crippen LogP contribution is 2.20. The van der Waals surface area contributed by atoms with Gasteiger partial charge in [0.2, 0.25) is 0 Å². The van der Waals surface area contributed by atoms with E-state index in [0.717, 1.165) is 21.7 Å². The second-order valence-corrected chi connectivity index (χ2v) is 5.37. The van der Waals surface area contributed by atoms with Crippen molar-refractivity contribution in [3.63, 3.8) is 0 Å². The van der Waals surface area contributed by atoms with Gasteiger partial charge in [-0.3, -0.25) is 4.79 Å². The van der Waals surface area contributed by atoms with Crippen LogP contribution in [0.5, 0.6) is 0 Å². The topological polar surface area (TPSA) is 49.3 Å². The predicted molar refractivity (Wildman–Crippen MR) is 83.3 cm³/mol. The molecule has 0 aromatic heterocycles. The summed E-state index contributed by atoms with van der Waals surface area (Å²) < 4.78 is 0. The lowest BCUT2D eigenvalue weighted by atomic mass is 10.1. The summed E-state index contributed by atoms with van der Waals surface area (Å²) in [5.74, 6) is -0.116. The Hall–Kier alpha value is -1.78. The lowest BCUT2D eigenvalue weighted by Gasteiger charge is -2.09. The summed E-state index contributed by atoms with van der Waals surface area (Å²) in [4.78, 5) is 13.4. The molecule has 2 N–H and O–H groups in total. The Labute approximate surface area is 123 Å². The average Bonchev–Trinajstić information content (AvgIpc) is 2.48. The molecule has 20 heavy (non-hydrogen) atoms. The molecule has 0 fully saturated rings. The van der Waals surface area contributed by atoms with E-state index in [9.17, 15) is 4.79 Å². The second kappa shape index (κ2) is 6.59. The van der Waals surface area contributed by atoms with E-state index in [-0.39, 0.29) is 12.5 Å². The van der Waals surface area contributed by atoms with Crippen molar-refractivity contribution in [3.05, 3.63) is 59.2 Å². The van der Waals surface area contributed by atoms with E-state index < -0.39 is 0 Å². The number of carbonyl (C=O) groups is 1. The van der Waals surface area contributed by atoms with Crippen molar-refractivity contribution in [2.45, 2.75) is 18.4 Å². The van der Waals surface area contributed by atoms with Gasteiger partial charge in [-0.15, -0.1) is 11.8 Å². The van der Waals surface area contributed by atoms with Crippen molar-refractivity contribution in [2.75, 3.05) is 11.6 Å². The molecule has 0 radical (unpaired) electrons. The zero-order valence-electron chi connectivity index (χ0n) is 11.5. The van der Waals surface area contributed by atoms with Crippen LogP contribution in [0.15, 0.2) is 47.4 Å². The molecule has 104 valence electrons. The van der Waals surface area contributed by atoms with E-state index in [2.05, 4.69) is 5.32 Å². The van der Waals surface area contributed by atoms with Crippen LogP contribution in [0.1, 0.15) is 21.5 Å². The molecule has 2 rings (SSSR count). The highest BCUT2D eigenvalue weighted by atomic mass is 32.2. The monoisotopic (exact) mass is 287 g/mol. The van der Waals surface area contributed by atoms with E-state index in [0.29, 0.717) is 5.56 Å². The van der Waals surface area contributed by atoms with Crippen LogP contribution in [0.25, 0.3) is 0 Å². The Morgan fingerprint density at radius 1 is 1.20 bits per heavy atom. The smallest absolute Gasteiger partial charge is 0.255 e. The lowest BCUT2D eigenvalue weighted by Crippen LogP contribution is -2.13. The fourth-order valence-electron chi connectivity index (χ4n) is 1.86. The zero-order valence-corrected chi connectivity index (χ0v) is 12.3. The third-order valence-corrected chi connectivity index (χ3v) is 3.81. The normalized spacial score (nSPS) is 10.3. The van der Waals surface area contributed by atoms with Gasteiger partial charge in [0.25, 0.3) is 5.91 Å². The molecule has 2 aromatic carbocycles. The van der Waals surface area contributed by atoms with Crippen molar-refractivity contribution in [3.8, 4) is 0 Å². The van der Waals surface area contributed by atoms with Crippen LogP contribution in [-0.2, 0) is 6.61 Å². The maximum atomic E-state index is 12.3. The number of aliphatic hydroxyl groups is 1. The Balaban J connectivity index is 2.18. The summed E-state index contributed by atoms with van der Waals surface area (Å²) in [6.45, 7) is 1.93. The van der Waals surface area contributed by atoms with Gasteiger partial charge >= 0.3 is 0 Å². The molecule has 0 aliphatic heterocycles. The number of nitrogens with one attached hydrogen (secondary N) is 1. The quantitative estimate of drug-likeness (QED) is 0.847. The molecule has 0 unspecified atom stereocenters. The van der Waals surface area contributed by atoms with Gasteiger partial charge in [0, 0.05) is 16.1 Å². The number of aliphatic hydroxyl groups excluding tert-OH is 1. The minimum Gasteiger partial charge on any atom is -0.392 e. The third-order valence-electron chi connectivity index (χ3n) is 3.08. The molecule has 0 spiro atoms. The highest BCUT2D eigenvalue weighted by molar-refractivity contribution is 7.98. The van der Waals surface area contributed by atoms with Crippen molar-refractivity contribution in [1.82, 2.24) is 0 Å². The van der Waals surface area contributed by atoms with E-state index >= 15 is 0 Å². The Morgan fingerprint density at radius 2 is 1.90 bits per heavy atom. The van der Waals surface area contributed by atoms with Crippen LogP contribution in [-0.4, -0.2) is 17.3 Å². The molecule has 3 nitrogen and oxygen atoms in total. The van der Waals surface area contributed by atoms with Crippen molar-refractivity contribution >= 4 is 23.4 Å². The van der Waals surface area contributed by atoms with E-state index in [4.69, 9.17) is 5.11 Å². The minimum absolute atomic E-state index is 0.00308. The molecule has 0 saturated carbocycles. The van der Waals surface area contributed by atoms with Crippen LogP contribution >= 0.6 is 11.8 Å². The lowest BCUT2D eigenvalue weighted by molar-refractivity contribution is 0.102. The first-order valence-electron chi connectivity index (χ1n) is 6.30. The Bertz CT molecular complexity index is 608. The number of carbonyl (C=O) groups excluding carboxylic acids is 1. The number of hydrogen-bond donors (Lipinski definition) is 2. The van der Waals surface area contributed by atoms with Gasteiger partial charge in [-0.1, -0.05) is 18.2 Å². The molecule has 0 bridgehead atoms. The van der Waals surface area contributed by atoms with Gasteiger partial charge < -0.3 is 10.4 Å². The van der Waals surface area contributed by atoms with Crippen molar-refractivity contribution in [2.24, 2.45) is 0 Å². The predicted octanol–water partition coefficient (Wildman–Crippen LogP) is 3.46. The van der Waals surface area contributed by atoms with E-state index in [1.807, 2.05) is 31.4 Å². The molecule has 1 amide bonds. The first kappa shape index (κ1) is 14.6. The molecule has 2 aromatic rings. The number of rotatable bonds is 4. The molecular formula is C16H17NO2S. The molecule has 0 heterocycles. The molecule has 0 aliphatic rings. The fourth-order valence-corrected chi connectivity index (χ4v) is 2.30. The number of anilines is 1. The van der Waals surface area contributed by atoms with Crippen LogP contribution in [0.2, 0.25) is 0 Å². The van der Waals surface area contributed by atoms with Gasteiger partial charge in [-0.2, -0.15) is 0 Å². The maximum Gasteiger partial charge on any atom is 0.255 e. The summed E-state index contributed by atoms with van der Waals surface area (Å²) in [6, 6.07) is 13.0. The third kappa shape index (κ3) is 3.40. The van der Waals surface area contributed by atoms with Crippen molar-refractivity contribution in [1.29, 1.82) is 0 Å². The number of amides is 1. The largest absolute Gasteiger partial charge is 0.392 e. The number of thioether (sulfide) groups is 1. The summed E-state index contributed by atoms with van der Waals surface area (Å²) in [6.07, 6.45) is 1.99. The Morgan fingerprint density at radius 3 is 2.50 bits per heavy atom. The molecular weight excluding hydrogens is 270 g/mol. The van der Waals surface area contributed by atoms with E-state index in [1.54, 1.807) is 36.0 Å². The molecule has 4 heteroatoms. The Kier molecular flexibility index (Phi) is 4.82. The minimum atomic E-state index is -0.116. The standard InChI is InChI=1S/C16H17NO2S/c1-11-3-8-14(20-2)9-15(11)16(19)17-13-6-4-12(10-18)5-7-13/h3-9,18H,10H2,1-2H3,(H,17,19). The van der Waals surface area contributed by atoms with Crippen LogP contribution in [0.4, 0.5) is 5.69 Å². The summed E-state index contributed by atoms with van der Waals surface area (Å²) in [7, 11) is 0. The van der Waals surface area contributed by atoms with Crippen LogP contribution in [0.3, 0.4) is 0 Å². The molecule has 0 aliphatic carbocycles. The number of hydrogen-bond acceptors (Lipinski definition) is 3. The SMILES string of the molecule is CSc1ccc(C)c(C(=O)Nc2ccc(CO)cc2)c1. The average molecular weight is 287 g/mol. The van der Waals surface area contributed by atoms with Crippen molar-refractivity contribution < 1.29 is 9.90 Å². The first-order chi connectivity index (χ1) is 9.63. The summed E-state index contributed by atoms with van der Waals surface area (Å²) >= 11 is 1.61. The fraction of sp³-hybridized carbons (Fsp3) is 0.188. The highest BCUT2D eigenvalue weighted by Gasteiger charge is 2.10. The second-order valence-electron chi connectivity index (χ2n) is 4.49. The number of benzene rings is 2. The van der Waals surface area contributed by atoms with Crippen LogP contribution < -0.4 is 5.32 Å². The molecule has 0 atom stereocenters. The zero-order chi connectivity index (χ0) is 14.5. The van der Waals surface area contributed by atoms with Crippen LogP contribution in [0, 0.1) is 6.92 Å². The van der Waals surface area contributed by atoms with Gasteiger partial charge in [-0.05, 0) is 48.6 Å². The maximum absolute atomic E-state index is 12.3. The van der Waals surface area contributed by atoms with Gasteiger partial charge in [0.1, 0.15) is 0 Å². The van der Waals surface area contributed by atoms with E-state index in [1.165, 1.54) is 0 Å². The van der Waals surface area contributed by atoms with Gasteiger partial charge in [-0.25, -0.2) is 0 Å². The number of aryl methyl sites for hydroxylation is 1. The molecule has 0 saturated heterocycles. The first-order valence-corrected chi connectivity index (χ1v) is 7.52. The van der Waals surface area contributed by atoms with Gasteiger partial charge in [0.15, 0.2) is 0 Å².